The molecule has 0 aliphatic heterocycles. The number of carbonyl (C=O) groups is 1. The van der Waals surface area contributed by atoms with Gasteiger partial charge in [-0.05, 0) is 42.2 Å². The first-order chi connectivity index (χ1) is 13.1. The molecule has 2 heterocycles. The molecule has 1 amide bonds. The van der Waals surface area contributed by atoms with Crippen LogP contribution in [0.5, 0.6) is 0 Å². The van der Waals surface area contributed by atoms with Crippen molar-refractivity contribution in [3.05, 3.63) is 59.7 Å². The fraction of sp³-hybridized carbons (Fsp3) is 0.111. The summed E-state index contributed by atoms with van der Waals surface area (Å²) < 4.78 is 19.3. The molecule has 0 aliphatic carbocycles. The van der Waals surface area contributed by atoms with Crippen LogP contribution in [0.2, 0.25) is 0 Å². The Bertz CT molecular complexity index is 1030. The van der Waals surface area contributed by atoms with Gasteiger partial charge in [-0.2, -0.15) is 14.6 Å². The largest absolute Gasteiger partial charge is 0.317 e. The van der Waals surface area contributed by atoms with Gasteiger partial charge in [-0.15, -0.1) is 0 Å². The number of aromatic nitrogens is 3. The molecule has 1 aromatic carbocycles. The second-order valence-corrected chi connectivity index (χ2v) is 7.21. The van der Waals surface area contributed by atoms with Gasteiger partial charge in [0.2, 0.25) is 10.3 Å². The van der Waals surface area contributed by atoms with Gasteiger partial charge in [0.15, 0.2) is 0 Å². The lowest BCUT2D eigenvalue weighted by molar-refractivity contribution is -0.112. The van der Waals surface area contributed by atoms with Crippen molar-refractivity contribution in [1.29, 1.82) is 5.26 Å². The summed E-state index contributed by atoms with van der Waals surface area (Å²) >= 11 is 2.52. The van der Waals surface area contributed by atoms with Crippen molar-refractivity contribution in [2.75, 3.05) is 11.1 Å². The van der Waals surface area contributed by atoms with Crippen LogP contribution >= 0.6 is 23.3 Å². The normalized spacial score (nSPS) is 11.2. The summed E-state index contributed by atoms with van der Waals surface area (Å²) in [6.07, 6.45) is 3.18. The molecular formula is C18H14FN5OS2. The van der Waals surface area contributed by atoms with Crippen LogP contribution in [0.3, 0.4) is 0 Å². The van der Waals surface area contributed by atoms with Gasteiger partial charge in [0.05, 0.1) is 0 Å². The lowest BCUT2D eigenvalue weighted by Crippen LogP contribution is -2.13. The fourth-order valence-electron chi connectivity index (χ4n) is 2.28. The Morgan fingerprint density at radius 2 is 2.30 bits per heavy atom. The fourth-order valence-corrected chi connectivity index (χ4v) is 3.55. The number of nitrogens with one attached hydrogen (secondary N) is 1. The van der Waals surface area contributed by atoms with Gasteiger partial charge in [0.25, 0.3) is 5.91 Å². The summed E-state index contributed by atoms with van der Waals surface area (Å²) in [7, 11) is 0. The second kappa shape index (κ2) is 8.62. The summed E-state index contributed by atoms with van der Waals surface area (Å²) in [5.74, 6) is -0.120. The Hall–Kier alpha value is -2.96. The van der Waals surface area contributed by atoms with Crippen LogP contribution in [-0.2, 0) is 4.79 Å². The zero-order chi connectivity index (χ0) is 19.2. The van der Waals surface area contributed by atoms with Crippen molar-refractivity contribution >= 4 is 40.4 Å². The minimum atomic E-state index is -0.575. The Balaban J connectivity index is 1.83. The quantitative estimate of drug-likeness (QED) is 0.383. The first kappa shape index (κ1) is 18.8. The number of halogens is 1. The predicted octanol–water partition coefficient (Wildman–Crippen LogP) is 4.13. The zero-order valence-electron chi connectivity index (χ0n) is 14.2. The molecule has 3 aromatic rings. The molecule has 3 rings (SSSR count). The molecule has 2 aromatic heterocycles. The topological polar surface area (TPSA) is 83.6 Å². The van der Waals surface area contributed by atoms with E-state index in [1.54, 1.807) is 35.0 Å². The lowest BCUT2D eigenvalue weighted by Gasteiger charge is -2.07. The van der Waals surface area contributed by atoms with E-state index in [0.717, 1.165) is 17.3 Å². The van der Waals surface area contributed by atoms with E-state index in [9.17, 15) is 14.4 Å². The lowest BCUT2D eigenvalue weighted by atomic mass is 10.2. The highest BCUT2D eigenvalue weighted by molar-refractivity contribution is 7.99. The zero-order valence-corrected chi connectivity index (χ0v) is 15.9. The van der Waals surface area contributed by atoms with Crippen LogP contribution in [0.4, 0.5) is 9.52 Å². The first-order valence-electron chi connectivity index (χ1n) is 7.93. The van der Waals surface area contributed by atoms with Crippen LogP contribution in [0.15, 0.2) is 53.3 Å². The van der Waals surface area contributed by atoms with Crippen molar-refractivity contribution < 1.29 is 9.18 Å². The maximum atomic E-state index is 13.5. The molecule has 0 saturated heterocycles. The first-order valence-corrected chi connectivity index (χ1v) is 9.69. The van der Waals surface area contributed by atoms with Crippen molar-refractivity contribution in [1.82, 2.24) is 13.9 Å². The highest BCUT2D eigenvalue weighted by atomic mass is 32.2. The average Bonchev–Trinajstić information content (AvgIpc) is 3.29. The van der Waals surface area contributed by atoms with E-state index >= 15 is 0 Å². The number of anilines is 1. The van der Waals surface area contributed by atoms with Crippen molar-refractivity contribution in [2.24, 2.45) is 0 Å². The van der Waals surface area contributed by atoms with E-state index in [1.807, 2.05) is 13.0 Å². The number of nitriles is 1. The Morgan fingerprint density at radius 3 is 3.04 bits per heavy atom. The van der Waals surface area contributed by atoms with E-state index < -0.39 is 5.91 Å². The van der Waals surface area contributed by atoms with Crippen molar-refractivity contribution in [3.8, 4) is 11.8 Å². The van der Waals surface area contributed by atoms with Crippen LogP contribution in [0.25, 0.3) is 11.8 Å². The summed E-state index contributed by atoms with van der Waals surface area (Å²) in [6, 6.07) is 11.4. The average molecular weight is 399 g/mol. The van der Waals surface area contributed by atoms with E-state index in [-0.39, 0.29) is 11.4 Å². The van der Waals surface area contributed by atoms with E-state index in [0.29, 0.717) is 21.7 Å². The van der Waals surface area contributed by atoms with Crippen LogP contribution in [0, 0.1) is 17.1 Å². The molecule has 0 saturated carbocycles. The van der Waals surface area contributed by atoms with Gasteiger partial charge in [0.1, 0.15) is 17.5 Å². The molecule has 9 heteroatoms. The number of benzene rings is 1. The Kier molecular flexibility index (Phi) is 6.01. The molecule has 0 radical (unpaired) electrons. The summed E-state index contributed by atoms with van der Waals surface area (Å²) in [5.41, 5.74) is 1.08. The predicted molar refractivity (Wildman–Crippen MR) is 104 cm³/mol. The second-order valence-electron chi connectivity index (χ2n) is 5.22. The maximum absolute atomic E-state index is 13.5. The summed E-state index contributed by atoms with van der Waals surface area (Å²) in [4.78, 5) is 16.6. The smallest absolute Gasteiger partial charge is 0.268 e. The van der Waals surface area contributed by atoms with Gasteiger partial charge in [-0.25, -0.2) is 4.39 Å². The van der Waals surface area contributed by atoms with Crippen LogP contribution in [-0.4, -0.2) is 25.6 Å². The van der Waals surface area contributed by atoms with Gasteiger partial charge in [0, 0.05) is 29.1 Å². The van der Waals surface area contributed by atoms with Gasteiger partial charge < -0.3 is 4.57 Å². The number of carbonyl (C=O) groups excluding carboxylic acids is 1. The number of rotatable bonds is 6. The maximum Gasteiger partial charge on any atom is 0.268 e. The molecule has 0 bridgehead atoms. The molecular weight excluding hydrogens is 385 g/mol. The minimum Gasteiger partial charge on any atom is -0.317 e. The van der Waals surface area contributed by atoms with Gasteiger partial charge in [-0.3, -0.25) is 10.1 Å². The highest BCUT2D eigenvalue weighted by Crippen LogP contribution is 2.21. The van der Waals surface area contributed by atoms with Crippen molar-refractivity contribution in [2.45, 2.75) is 12.1 Å². The van der Waals surface area contributed by atoms with E-state index in [4.69, 9.17) is 0 Å². The third-order valence-corrected chi connectivity index (χ3v) is 4.90. The van der Waals surface area contributed by atoms with Gasteiger partial charge >= 0.3 is 0 Å². The van der Waals surface area contributed by atoms with Crippen LogP contribution < -0.4 is 5.32 Å². The number of thioether (sulfide) groups is 1. The molecule has 6 nitrogen and oxygen atoms in total. The van der Waals surface area contributed by atoms with Crippen LogP contribution in [0.1, 0.15) is 12.6 Å². The summed E-state index contributed by atoms with van der Waals surface area (Å²) in [6.45, 7) is 1.98. The monoisotopic (exact) mass is 399 g/mol. The van der Waals surface area contributed by atoms with E-state index in [2.05, 4.69) is 14.7 Å². The molecule has 27 heavy (non-hydrogen) atoms. The molecule has 0 unspecified atom stereocenters. The molecule has 136 valence electrons. The Morgan fingerprint density at radius 1 is 1.44 bits per heavy atom. The molecule has 0 fully saturated rings. The number of hydrogen-bond donors (Lipinski definition) is 1. The van der Waals surface area contributed by atoms with E-state index in [1.165, 1.54) is 30.0 Å². The molecule has 0 aliphatic rings. The Labute approximate surface area is 163 Å². The number of amides is 1. The third kappa shape index (κ3) is 4.61. The van der Waals surface area contributed by atoms with Crippen molar-refractivity contribution in [3.63, 3.8) is 0 Å². The summed E-state index contributed by atoms with van der Waals surface area (Å²) in [5, 5.41) is 12.9. The van der Waals surface area contributed by atoms with Gasteiger partial charge in [-0.1, -0.05) is 24.8 Å². The standard InChI is InChI=1S/C18H14FN5OS2/c1-2-26-18-22-17(27-23-18)21-16(25)12(11-20)9-14-7-4-8-24(14)15-6-3-5-13(19)10-15/h3-10H,2H2,1H3,(H,21,22,23,25)/b12-9-. The molecule has 1 N–H and O–H groups in total. The molecule has 0 spiro atoms. The minimum absolute atomic E-state index is 0.0914. The SMILES string of the molecule is CCSc1nsc(NC(=O)/C(C#N)=C\c2cccn2-c2cccc(F)c2)n1. The molecule has 0 atom stereocenters. The number of nitrogens with zero attached hydrogens (tertiary/aromatic N) is 4. The highest BCUT2D eigenvalue weighted by Gasteiger charge is 2.14. The third-order valence-electron chi connectivity index (χ3n) is 3.43. The number of hydrogen-bond acceptors (Lipinski definition) is 6.